The molecule has 0 aromatic carbocycles. The third-order valence-corrected chi connectivity index (χ3v) is 1.76. The normalized spacial score (nSPS) is 23.5. The van der Waals surface area contributed by atoms with Gasteiger partial charge in [0.15, 0.2) is 0 Å². The Balaban J connectivity index is 2.17. The molecular formula is C7H14N3O. The Morgan fingerprint density at radius 1 is 1.73 bits per heavy atom. The van der Waals surface area contributed by atoms with E-state index in [0.717, 1.165) is 19.4 Å². The molecule has 4 nitrogen and oxygen atoms in total. The van der Waals surface area contributed by atoms with Crippen LogP contribution >= 0.6 is 0 Å². The van der Waals surface area contributed by atoms with Crippen molar-refractivity contribution in [3.63, 3.8) is 0 Å². The number of hydrogen-bond acceptors (Lipinski definition) is 3. The van der Waals surface area contributed by atoms with Gasteiger partial charge in [-0.25, -0.2) is 5.32 Å². The zero-order valence-corrected chi connectivity index (χ0v) is 6.55. The number of carbonyl (C=O) groups is 1. The molecular weight excluding hydrogens is 142 g/mol. The number of rotatable bonds is 3. The van der Waals surface area contributed by atoms with Crippen LogP contribution in [0.1, 0.15) is 12.8 Å². The van der Waals surface area contributed by atoms with Crippen LogP contribution in [-0.2, 0) is 4.79 Å². The summed E-state index contributed by atoms with van der Waals surface area (Å²) in [6.45, 7) is 1.85. The van der Waals surface area contributed by atoms with Crippen LogP contribution < -0.4 is 16.4 Å². The third-order valence-electron chi connectivity index (χ3n) is 1.76. The zero-order valence-electron chi connectivity index (χ0n) is 6.55. The fourth-order valence-corrected chi connectivity index (χ4v) is 1.18. The van der Waals surface area contributed by atoms with Gasteiger partial charge < -0.3 is 11.1 Å². The molecule has 4 heteroatoms. The topological polar surface area (TPSA) is 69.2 Å². The summed E-state index contributed by atoms with van der Waals surface area (Å²) in [5, 5.41) is 6.88. The van der Waals surface area contributed by atoms with Gasteiger partial charge in [0, 0.05) is 6.54 Å². The van der Waals surface area contributed by atoms with Crippen LogP contribution in [0.2, 0.25) is 0 Å². The maximum Gasteiger partial charge on any atom is 0.258 e. The molecule has 1 aliphatic rings. The molecule has 1 saturated heterocycles. The third kappa shape index (κ3) is 2.48. The van der Waals surface area contributed by atoms with Gasteiger partial charge in [-0.1, -0.05) is 0 Å². The molecule has 3 N–H and O–H groups in total. The van der Waals surface area contributed by atoms with Crippen molar-refractivity contribution in [2.24, 2.45) is 5.73 Å². The number of nitrogens with two attached hydrogens (primary N) is 1. The molecule has 0 saturated carbocycles. The van der Waals surface area contributed by atoms with Gasteiger partial charge >= 0.3 is 0 Å². The summed E-state index contributed by atoms with van der Waals surface area (Å²) in [5.74, 6) is -0.0343. The molecule has 63 valence electrons. The molecule has 1 heterocycles. The first kappa shape index (κ1) is 8.49. The van der Waals surface area contributed by atoms with E-state index < -0.39 is 0 Å². The molecule has 0 aromatic rings. The number of carbonyl (C=O) groups excluding carboxylic acids is 1. The Labute approximate surface area is 66.5 Å². The molecule has 1 fully saturated rings. The minimum absolute atomic E-state index is 0.0263. The molecule has 1 radical (unpaired) electrons. The fraction of sp³-hybridized carbons (Fsp3) is 0.857. The summed E-state index contributed by atoms with van der Waals surface area (Å²) in [6, 6.07) is -0.0263. The van der Waals surface area contributed by atoms with Gasteiger partial charge in [-0.15, -0.1) is 0 Å². The van der Waals surface area contributed by atoms with Gasteiger partial charge in [0.2, 0.25) is 0 Å². The van der Waals surface area contributed by atoms with E-state index in [1.165, 1.54) is 0 Å². The Morgan fingerprint density at radius 2 is 2.55 bits per heavy atom. The molecule has 0 unspecified atom stereocenters. The summed E-state index contributed by atoms with van der Waals surface area (Å²) in [4.78, 5) is 11.1. The lowest BCUT2D eigenvalue weighted by atomic mass is 10.2. The van der Waals surface area contributed by atoms with Crippen molar-refractivity contribution in [3.05, 3.63) is 0 Å². The highest BCUT2D eigenvalue weighted by molar-refractivity contribution is 5.81. The number of nitrogens with one attached hydrogen (secondary N) is 1. The first-order chi connectivity index (χ1) is 5.34. The predicted octanol–water partition coefficient (Wildman–Crippen LogP) is -1.17. The van der Waals surface area contributed by atoms with E-state index in [4.69, 9.17) is 5.73 Å². The van der Waals surface area contributed by atoms with E-state index in [2.05, 4.69) is 10.6 Å². The average Bonchev–Trinajstić information content (AvgIpc) is 2.52. The van der Waals surface area contributed by atoms with Gasteiger partial charge in [-0.05, 0) is 19.4 Å². The van der Waals surface area contributed by atoms with Gasteiger partial charge in [0.05, 0.1) is 12.6 Å². The summed E-state index contributed by atoms with van der Waals surface area (Å²) < 4.78 is 0. The van der Waals surface area contributed by atoms with Crippen molar-refractivity contribution in [1.29, 1.82) is 0 Å². The Hall–Kier alpha value is -0.610. The molecule has 11 heavy (non-hydrogen) atoms. The molecule has 1 aliphatic heterocycles. The molecule has 0 spiro atoms. The van der Waals surface area contributed by atoms with Crippen molar-refractivity contribution < 1.29 is 4.79 Å². The van der Waals surface area contributed by atoms with E-state index in [1.54, 1.807) is 0 Å². The molecule has 0 bridgehead atoms. The highest BCUT2D eigenvalue weighted by Crippen LogP contribution is 2.04. The second kappa shape index (κ2) is 4.31. The van der Waals surface area contributed by atoms with E-state index in [0.29, 0.717) is 13.1 Å². The van der Waals surface area contributed by atoms with Crippen LogP contribution in [0.4, 0.5) is 0 Å². The van der Waals surface area contributed by atoms with Crippen LogP contribution in [0.3, 0.4) is 0 Å². The summed E-state index contributed by atoms with van der Waals surface area (Å²) in [5.41, 5.74) is 5.21. The summed E-state index contributed by atoms with van der Waals surface area (Å²) in [6.07, 6.45) is 2.00. The highest BCUT2D eigenvalue weighted by atomic mass is 16.2. The lowest BCUT2D eigenvalue weighted by Crippen LogP contribution is -2.38. The largest absolute Gasteiger partial charge is 0.329 e. The van der Waals surface area contributed by atoms with E-state index in [1.807, 2.05) is 0 Å². The smallest absolute Gasteiger partial charge is 0.258 e. The zero-order chi connectivity index (χ0) is 8.10. The molecule has 1 rings (SSSR count). The van der Waals surface area contributed by atoms with Crippen LogP contribution in [0, 0.1) is 0 Å². The van der Waals surface area contributed by atoms with Gasteiger partial charge in [0.25, 0.3) is 5.91 Å². The Bertz CT molecular complexity index is 132. The predicted molar refractivity (Wildman–Crippen MR) is 42.1 cm³/mol. The van der Waals surface area contributed by atoms with Gasteiger partial charge in [-0.3, -0.25) is 4.79 Å². The maximum atomic E-state index is 11.1. The second-order valence-corrected chi connectivity index (χ2v) is 2.66. The van der Waals surface area contributed by atoms with Gasteiger partial charge in [-0.2, -0.15) is 0 Å². The standard InChI is InChI=1S/C7H14N3O/c8-3-5-10-7(11)6-2-1-4-9-6/h6,9H,1-5,8H2/t6-/m0/s1. The van der Waals surface area contributed by atoms with Crippen molar-refractivity contribution >= 4 is 5.91 Å². The van der Waals surface area contributed by atoms with Crippen molar-refractivity contribution in [3.8, 4) is 0 Å². The molecule has 0 aromatic heterocycles. The minimum atomic E-state index is -0.0343. The lowest BCUT2D eigenvalue weighted by Gasteiger charge is -2.06. The van der Waals surface area contributed by atoms with E-state index in [9.17, 15) is 4.79 Å². The monoisotopic (exact) mass is 156 g/mol. The number of amides is 1. The molecule has 0 aliphatic carbocycles. The maximum absolute atomic E-state index is 11.1. The number of hydrogen-bond donors (Lipinski definition) is 2. The molecule has 1 atom stereocenters. The van der Waals surface area contributed by atoms with Crippen molar-refractivity contribution in [1.82, 2.24) is 10.6 Å². The fourth-order valence-electron chi connectivity index (χ4n) is 1.18. The van der Waals surface area contributed by atoms with Crippen LogP contribution in [0.25, 0.3) is 0 Å². The first-order valence-electron chi connectivity index (χ1n) is 3.99. The highest BCUT2D eigenvalue weighted by Gasteiger charge is 2.21. The molecule has 1 amide bonds. The Kier molecular flexibility index (Phi) is 3.32. The van der Waals surface area contributed by atoms with Crippen molar-refractivity contribution in [2.75, 3.05) is 19.6 Å². The van der Waals surface area contributed by atoms with E-state index >= 15 is 0 Å². The minimum Gasteiger partial charge on any atom is -0.329 e. The Morgan fingerprint density at radius 3 is 3.09 bits per heavy atom. The van der Waals surface area contributed by atoms with Gasteiger partial charge in [0.1, 0.15) is 0 Å². The summed E-state index contributed by atoms with van der Waals surface area (Å²) >= 11 is 0. The van der Waals surface area contributed by atoms with Crippen LogP contribution in [-0.4, -0.2) is 31.6 Å². The number of nitrogens with zero attached hydrogens (tertiary/aromatic N) is 1. The lowest BCUT2D eigenvalue weighted by molar-refractivity contribution is -0.123. The first-order valence-corrected chi connectivity index (χ1v) is 3.99. The summed E-state index contributed by atoms with van der Waals surface area (Å²) in [7, 11) is 0. The van der Waals surface area contributed by atoms with Crippen LogP contribution in [0.15, 0.2) is 0 Å². The SMILES string of the molecule is NCC[N]C(=O)[C@@H]1CCCN1. The second-order valence-electron chi connectivity index (χ2n) is 2.66. The van der Waals surface area contributed by atoms with Crippen molar-refractivity contribution in [2.45, 2.75) is 18.9 Å². The quantitative estimate of drug-likeness (QED) is 0.541. The van der Waals surface area contributed by atoms with E-state index in [-0.39, 0.29) is 11.9 Å². The average molecular weight is 156 g/mol. The van der Waals surface area contributed by atoms with Crippen LogP contribution in [0.5, 0.6) is 0 Å².